The number of rotatable bonds is 4. The lowest BCUT2D eigenvalue weighted by Crippen LogP contribution is -2.49. The van der Waals surface area contributed by atoms with E-state index in [0.29, 0.717) is 18.8 Å². The molecule has 0 unspecified atom stereocenters. The van der Waals surface area contributed by atoms with Crippen molar-refractivity contribution < 1.29 is 9.18 Å². The zero-order chi connectivity index (χ0) is 21.4. The number of nitrogens with zero attached hydrogens (tertiary/aromatic N) is 5. The van der Waals surface area contributed by atoms with Crippen molar-refractivity contribution in [3.63, 3.8) is 0 Å². The van der Waals surface area contributed by atoms with E-state index in [1.165, 1.54) is 23.9 Å². The first-order valence-electron chi connectivity index (χ1n) is 10.2. The molecule has 8 heteroatoms. The Hall–Kier alpha value is -3.13. The molecule has 31 heavy (non-hydrogen) atoms. The van der Waals surface area contributed by atoms with Gasteiger partial charge >= 0.3 is 0 Å². The first-order valence-corrected chi connectivity index (χ1v) is 11.2. The SMILES string of the molecule is Cc1cc2nnc(SCC(=O)N3CCN(c4ccc(F)cc4)CC3)n2c2ccccc12. The molecule has 0 radical (unpaired) electrons. The molecule has 1 aliphatic rings. The van der Waals surface area contributed by atoms with Gasteiger partial charge in [-0.3, -0.25) is 9.20 Å². The maximum atomic E-state index is 13.1. The molecule has 2 aromatic heterocycles. The Morgan fingerprint density at radius 2 is 1.77 bits per heavy atom. The van der Waals surface area contributed by atoms with Crippen LogP contribution in [0.4, 0.5) is 10.1 Å². The standard InChI is InChI=1S/C23H22FN5OS/c1-16-14-21-25-26-23(29(21)20-5-3-2-4-19(16)20)31-15-22(30)28-12-10-27(11-13-28)18-8-6-17(24)7-9-18/h2-9,14H,10-13,15H2,1H3. The number of thioether (sulfide) groups is 1. The van der Waals surface area contributed by atoms with Gasteiger partial charge in [-0.15, -0.1) is 10.2 Å². The van der Waals surface area contributed by atoms with Crippen molar-refractivity contribution in [2.24, 2.45) is 0 Å². The van der Waals surface area contributed by atoms with E-state index >= 15 is 0 Å². The monoisotopic (exact) mass is 435 g/mol. The smallest absolute Gasteiger partial charge is 0.233 e. The summed E-state index contributed by atoms with van der Waals surface area (Å²) in [5, 5.41) is 10.5. The van der Waals surface area contributed by atoms with Crippen LogP contribution < -0.4 is 4.90 Å². The number of aryl methyl sites for hydroxylation is 1. The van der Waals surface area contributed by atoms with Gasteiger partial charge < -0.3 is 9.80 Å². The summed E-state index contributed by atoms with van der Waals surface area (Å²) in [4.78, 5) is 16.9. The normalized spacial score (nSPS) is 14.5. The highest BCUT2D eigenvalue weighted by molar-refractivity contribution is 7.99. The van der Waals surface area contributed by atoms with Gasteiger partial charge in [-0.05, 0) is 48.9 Å². The van der Waals surface area contributed by atoms with Gasteiger partial charge in [-0.25, -0.2) is 4.39 Å². The zero-order valence-corrected chi connectivity index (χ0v) is 18.0. The van der Waals surface area contributed by atoms with Crippen molar-refractivity contribution in [1.29, 1.82) is 0 Å². The fraction of sp³-hybridized carbons (Fsp3) is 0.261. The number of carbonyl (C=O) groups excluding carboxylic acids is 1. The Labute approximate surface area is 183 Å². The molecular weight excluding hydrogens is 413 g/mol. The minimum Gasteiger partial charge on any atom is -0.368 e. The van der Waals surface area contributed by atoms with Gasteiger partial charge in [-0.1, -0.05) is 30.0 Å². The van der Waals surface area contributed by atoms with Crippen molar-refractivity contribution in [3.05, 3.63) is 66.0 Å². The van der Waals surface area contributed by atoms with Crippen LogP contribution in [0, 0.1) is 12.7 Å². The molecule has 0 bridgehead atoms. The van der Waals surface area contributed by atoms with Crippen LogP contribution in [0.5, 0.6) is 0 Å². The number of hydrogen-bond acceptors (Lipinski definition) is 5. The van der Waals surface area contributed by atoms with E-state index in [0.717, 1.165) is 46.0 Å². The van der Waals surface area contributed by atoms with E-state index < -0.39 is 0 Å². The molecular formula is C23H22FN5OS. The number of piperazine rings is 1. The van der Waals surface area contributed by atoms with Gasteiger partial charge in [0.05, 0.1) is 11.3 Å². The Kier molecular flexibility index (Phi) is 5.23. The number of amides is 1. The lowest BCUT2D eigenvalue weighted by Gasteiger charge is -2.36. The van der Waals surface area contributed by atoms with Crippen LogP contribution in [0.1, 0.15) is 5.56 Å². The second-order valence-electron chi connectivity index (χ2n) is 7.65. The van der Waals surface area contributed by atoms with Crippen molar-refractivity contribution in [1.82, 2.24) is 19.5 Å². The van der Waals surface area contributed by atoms with Gasteiger partial charge in [0.25, 0.3) is 0 Å². The van der Waals surface area contributed by atoms with Crippen LogP contribution in [-0.4, -0.2) is 57.3 Å². The average Bonchev–Trinajstić information content (AvgIpc) is 3.21. The Bertz CT molecular complexity index is 1250. The molecule has 2 aromatic carbocycles. The molecule has 0 spiro atoms. The molecule has 1 fully saturated rings. The molecule has 0 aliphatic carbocycles. The second-order valence-corrected chi connectivity index (χ2v) is 8.60. The molecule has 1 aliphatic heterocycles. The number of para-hydroxylation sites is 1. The van der Waals surface area contributed by atoms with Gasteiger partial charge in [-0.2, -0.15) is 0 Å². The minimum atomic E-state index is -0.237. The summed E-state index contributed by atoms with van der Waals surface area (Å²) in [5.74, 6) is 0.176. The van der Waals surface area contributed by atoms with Crippen LogP contribution in [0.3, 0.4) is 0 Å². The van der Waals surface area contributed by atoms with E-state index in [1.807, 2.05) is 27.5 Å². The predicted molar refractivity (Wildman–Crippen MR) is 121 cm³/mol. The Morgan fingerprint density at radius 1 is 1.03 bits per heavy atom. The number of benzene rings is 2. The van der Waals surface area contributed by atoms with Gasteiger partial charge in [0.2, 0.25) is 5.91 Å². The summed E-state index contributed by atoms with van der Waals surface area (Å²) in [7, 11) is 0. The number of fused-ring (bicyclic) bond motifs is 3. The maximum Gasteiger partial charge on any atom is 0.233 e. The Morgan fingerprint density at radius 3 is 2.55 bits per heavy atom. The maximum absolute atomic E-state index is 13.1. The molecule has 3 heterocycles. The second kappa shape index (κ2) is 8.19. The number of hydrogen-bond donors (Lipinski definition) is 0. The predicted octanol–water partition coefficient (Wildman–Crippen LogP) is 3.77. The summed E-state index contributed by atoms with van der Waals surface area (Å²) < 4.78 is 15.2. The highest BCUT2D eigenvalue weighted by atomic mass is 32.2. The third-order valence-electron chi connectivity index (χ3n) is 5.72. The number of anilines is 1. The third-order valence-corrected chi connectivity index (χ3v) is 6.64. The molecule has 1 saturated heterocycles. The summed E-state index contributed by atoms with van der Waals surface area (Å²) in [5.41, 5.74) is 3.98. The number of aromatic nitrogens is 3. The van der Waals surface area contributed by atoms with Crippen molar-refractivity contribution in [2.75, 3.05) is 36.8 Å². The summed E-state index contributed by atoms with van der Waals surface area (Å²) in [6.07, 6.45) is 0. The van der Waals surface area contributed by atoms with E-state index in [1.54, 1.807) is 12.1 Å². The average molecular weight is 436 g/mol. The van der Waals surface area contributed by atoms with Crippen molar-refractivity contribution in [2.45, 2.75) is 12.1 Å². The molecule has 5 rings (SSSR count). The highest BCUT2D eigenvalue weighted by Gasteiger charge is 2.22. The number of halogens is 1. The lowest BCUT2D eigenvalue weighted by atomic mass is 10.1. The molecule has 6 nitrogen and oxygen atoms in total. The molecule has 0 N–H and O–H groups in total. The molecule has 0 saturated carbocycles. The molecule has 4 aromatic rings. The van der Waals surface area contributed by atoms with Crippen LogP contribution in [0.15, 0.2) is 59.8 Å². The van der Waals surface area contributed by atoms with Crippen molar-refractivity contribution in [3.8, 4) is 0 Å². The molecule has 158 valence electrons. The van der Waals surface area contributed by atoms with Crippen molar-refractivity contribution >= 4 is 39.9 Å². The van der Waals surface area contributed by atoms with Crippen LogP contribution in [0.25, 0.3) is 16.6 Å². The summed E-state index contributed by atoms with van der Waals surface area (Å²) >= 11 is 1.42. The lowest BCUT2D eigenvalue weighted by molar-refractivity contribution is -0.128. The van der Waals surface area contributed by atoms with Crippen LogP contribution >= 0.6 is 11.8 Å². The van der Waals surface area contributed by atoms with Gasteiger partial charge in [0.1, 0.15) is 5.82 Å². The molecule has 1 amide bonds. The number of carbonyl (C=O) groups is 1. The van der Waals surface area contributed by atoms with Gasteiger partial charge in [0, 0.05) is 37.3 Å². The summed E-state index contributed by atoms with van der Waals surface area (Å²) in [6, 6.07) is 16.7. The van der Waals surface area contributed by atoms with E-state index in [4.69, 9.17) is 0 Å². The largest absolute Gasteiger partial charge is 0.368 e. The molecule has 0 atom stereocenters. The first-order chi connectivity index (χ1) is 15.1. The number of pyridine rings is 1. The van der Waals surface area contributed by atoms with Crippen LogP contribution in [-0.2, 0) is 4.79 Å². The quantitative estimate of drug-likeness (QED) is 0.457. The Balaban J connectivity index is 1.26. The topological polar surface area (TPSA) is 53.7 Å². The van der Waals surface area contributed by atoms with Crippen LogP contribution in [0.2, 0.25) is 0 Å². The fourth-order valence-electron chi connectivity index (χ4n) is 4.05. The first kappa shape index (κ1) is 19.8. The fourth-order valence-corrected chi connectivity index (χ4v) is 4.91. The minimum absolute atomic E-state index is 0.0944. The van der Waals surface area contributed by atoms with E-state index in [-0.39, 0.29) is 11.7 Å². The zero-order valence-electron chi connectivity index (χ0n) is 17.2. The van der Waals surface area contributed by atoms with Gasteiger partial charge in [0.15, 0.2) is 10.8 Å². The highest BCUT2D eigenvalue weighted by Crippen LogP contribution is 2.26. The third kappa shape index (κ3) is 3.83. The summed E-state index contributed by atoms with van der Waals surface area (Å²) in [6.45, 7) is 4.84. The van der Waals surface area contributed by atoms with E-state index in [2.05, 4.69) is 34.2 Å². The van der Waals surface area contributed by atoms with E-state index in [9.17, 15) is 9.18 Å².